The minimum atomic E-state index is -0.488. The molecule has 1 atom stereocenters. The van der Waals surface area contributed by atoms with Gasteiger partial charge in [0.05, 0.1) is 6.04 Å². The second-order valence-electron chi connectivity index (χ2n) is 8.17. The number of amides is 2. The predicted octanol–water partition coefficient (Wildman–Crippen LogP) is 5.19. The SMILES string of the molecule is COCCCN(CC(=O)N1CCc2sccc2C1c1ccc(Cl)cc1)C(=O)c1cccc(F)c1. The third kappa shape index (κ3) is 5.49. The number of halogens is 2. The Balaban J connectivity index is 1.60. The zero-order chi connectivity index (χ0) is 24.1. The molecule has 0 saturated carbocycles. The Morgan fingerprint density at radius 1 is 1.21 bits per heavy atom. The van der Waals surface area contributed by atoms with Crippen LogP contribution in [0.4, 0.5) is 4.39 Å². The molecule has 0 radical (unpaired) electrons. The maximum Gasteiger partial charge on any atom is 0.254 e. The maximum absolute atomic E-state index is 13.8. The number of hydrogen-bond acceptors (Lipinski definition) is 4. The second kappa shape index (κ2) is 11.1. The Bertz CT molecular complexity index is 1150. The molecule has 0 fully saturated rings. The Morgan fingerprint density at radius 2 is 2.00 bits per heavy atom. The van der Waals surface area contributed by atoms with Crippen molar-refractivity contribution in [2.75, 3.05) is 33.4 Å². The highest BCUT2D eigenvalue weighted by Gasteiger charge is 2.34. The highest BCUT2D eigenvalue weighted by atomic mass is 35.5. The van der Waals surface area contributed by atoms with Crippen LogP contribution in [0.15, 0.2) is 60.0 Å². The van der Waals surface area contributed by atoms with Crippen LogP contribution in [0.3, 0.4) is 0 Å². The van der Waals surface area contributed by atoms with Gasteiger partial charge in [-0.1, -0.05) is 29.8 Å². The summed E-state index contributed by atoms with van der Waals surface area (Å²) in [6.07, 6.45) is 1.34. The number of benzene rings is 2. The third-order valence-electron chi connectivity index (χ3n) is 5.93. The molecule has 4 rings (SSSR count). The molecule has 2 amide bonds. The van der Waals surface area contributed by atoms with Crippen LogP contribution < -0.4 is 0 Å². The third-order valence-corrected chi connectivity index (χ3v) is 7.18. The topological polar surface area (TPSA) is 49.9 Å². The lowest BCUT2D eigenvalue weighted by Crippen LogP contribution is -2.47. The van der Waals surface area contributed by atoms with E-state index in [0.29, 0.717) is 31.1 Å². The minimum absolute atomic E-state index is 0.0946. The molecule has 0 aliphatic carbocycles. The first-order chi connectivity index (χ1) is 16.5. The first kappa shape index (κ1) is 24.4. The van der Waals surface area contributed by atoms with E-state index in [0.717, 1.165) is 17.5 Å². The lowest BCUT2D eigenvalue weighted by atomic mass is 9.93. The predicted molar refractivity (Wildman–Crippen MR) is 132 cm³/mol. The summed E-state index contributed by atoms with van der Waals surface area (Å²) in [5, 5.41) is 2.68. The summed E-state index contributed by atoms with van der Waals surface area (Å²) in [7, 11) is 1.59. The van der Waals surface area contributed by atoms with E-state index in [-0.39, 0.29) is 30.0 Å². The monoisotopic (exact) mass is 500 g/mol. The van der Waals surface area contributed by atoms with Crippen LogP contribution in [-0.2, 0) is 16.0 Å². The molecular weight excluding hydrogens is 475 g/mol. The van der Waals surface area contributed by atoms with Gasteiger partial charge in [0.25, 0.3) is 5.91 Å². The van der Waals surface area contributed by atoms with Gasteiger partial charge in [-0.15, -0.1) is 11.3 Å². The molecule has 1 aliphatic rings. The van der Waals surface area contributed by atoms with Crippen molar-refractivity contribution in [3.63, 3.8) is 0 Å². The van der Waals surface area contributed by atoms with E-state index in [2.05, 4.69) is 6.07 Å². The van der Waals surface area contributed by atoms with Gasteiger partial charge >= 0.3 is 0 Å². The second-order valence-corrected chi connectivity index (χ2v) is 9.61. The zero-order valence-electron chi connectivity index (χ0n) is 18.9. The Kier molecular flexibility index (Phi) is 7.98. The smallest absolute Gasteiger partial charge is 0.254 e. The molecule has 1 aromatic heterocycles. The number of nitrogens with zero attached hydrogens (tertiary/aromatic N) is 2. The Labute approximate surface area is 207 Å². The highest BCUT2D eigenvalue weighted by Crippen LogP contribution is 2.38. The maximum atomic E-state index is 13.8. The highest BCUT2D eigenvalue weighted by molar-refractivity contribution is 7.10. The van der Waals surface area contributed by atoms with Gasteiger partial charge in [-0.05, 0) is 65.7 Å². The number of carbonyl (C=O) groups is 2. The van der Waals surface area contributed by atoms with Gasteiger partial charge in [-0.3, -0.25) is 9.59 Å². The van der Waals surface area contributed by atoms with Crippen molar-refractivity contribution >= 4 is 34.8 Å². The summed E-state index contributed by atoms with van der Waals surface area (Å²) in [5.74, 6) is -1.02. The molecule has 3 aromatic rings. The number of ether oxygens (including phenoxy) is 1. The van der Waals surface area contributed by atoms with Crippen LogP contribution in [0.2, 0.25) is 5.02 Å². The molecule has 1 aliphatic heterocycles. The molecule has 0 bridgehead atoms. The van der Waals surface area contributed by atoms with Gasteiger partial charge in [0, 0.05) is 42.3 Å². The van der Waals surface area contributed by atoms with Crippen LogP contribution in [0.1, 0.15) is 38.8 Å². The van der Waals surface area contributed by atoms with Gasteiger partial charge in [-0.25, -0.2) is 4.39 Å². The molecule has 0 saturated heterocycles. The standard InChI is InChI=1S/C26H26ClFN2O3S/c1-33-14-3-12-29(26(32)19-4-2-5-21(28)16-19)17-24(31)30-13-10-23-22(11-15-34-23)25(30)18-6-8-20(27)9-7-18/h2,4-9,11,15-16,25H,3,10,12-14,17H2,1H3. The Hall–Kier alpha value is -2.74. The van der Waals surface area contributed by atoms with Gasteiger partial charge in [0.1, 0.15) is 12.4 Å². The molecule has 8 heteroatoms. The molecule has 1 unspecified atom stereocenters. The van der Waals surface area contributed by atoms with Crippen molar-refractivity contribution in [2.45, 2.75) is 18.9 Å². The van der Waals surface area contributed by atoms with Crippen molar-refractivity contribution in [2.24, 2.45) is 0 Å². The molecule has 2 aromatic carbocycles. The minimum Gasteiger partial charge on any atom is -0.385 e. The number of fused-ring (bicyclic) bond motifs is 1. The quantitative estimate of drug-likeness (QED) is 0.400. The average Bonchev–Trinajstić information content (AvgIpc) is 3.32. The fraction of sp³-hybridized carbons (Fsp3) is 0.308. The fourth-order valence-electron chi connectivity index (χ4n) is 4.30. The van der Waals surface area contributed by atoms with E-state index in [1.807, 2.05) is 34.5 Å². The fourth-order valence-corrected chi connectivity index (χ4v) is 5.33. The van der Waals surface area contributed by atoms with E-state index in [9.17, 15) is 14.0 Å². The average molecular weight is 501 g/mol. The number of hydrogen-bond donors (Lipinski definition) is 0. The summed E-state index contributed by atoms with van der Waals surface area (Å²) in [5.41, 5.74) is 2.30. The molecule has 0 N–H and O–H groups in total. The van der Waals surface area contributed by atoms with Gasteiger partial charge in [0.15, 0.2) is 0 Å². The van der Waals surface area contributed by atoms with E-state index in [4.69, 9.17) is 16.3 Å². The van der Waals surface area contributed by atoms with Crippen LogP contribution in [0.25, 0.3) is 0 Å². The molecule has 34 heavy (non-hydrogen) atoms. The summed E-state index contributed by atoms with van der Waals surface area (Å²) in [6.45, 7) is 1.25. The largest absolute Gasteiger partial charge is 0.385 e. The van der Waals surface area contributed by atoms with E-state index in [1.165, 1.54) is 28.0 Å². The normalized spacial score (nSPS) is 15.1. The van der Waals surface area contributed by atoms with Gasteiger partial charge < -0.3 is 14.5 Å². The van der Waals surface area contributed by atoms with Crippen molar-refractivity contribution in [1.82, 2.24) is 9.80 Å². The van der Waals surface area contributed by atoms with E-state index in [1.54, 1.807) is 24.5 Å². The van der Waals surface area contributed by atoms with E-state index >= 15 is 0 Å². The van der Waals surface area contributed by atoms with Gasteiger partial charge in [0.2, 0.25) is 5.91 Å². The number of rotatable bonds is 8. The lowest BCUT2D eigenvalue weighted by Gasteiger charge is -2.37. The first-order valence-electron chi connectivity index (χ1n) is 11.1. The van der Waals surface area contributed by atoms with Crippen LogP contribution >= 0.6 is 22.9 Å². The summed E-state index contributed by atoms with van der Waals surface area (Å²) < 4.78 is 18.9. The molecule has 0 spiro atoms. The lowest BCUT2D eigenvalue weighted by molar-refractivity contribution is -0.134. The van der Waals surface area contributed by atoms with Crippen LogP contribution in [0.5, 0.6) is 0 Å². The summed E-state index contributed by atoms with van der Waals surface area (Å²) in [6, 6.07) is 14.9. The van der Waals surface area contributed by atoms with Crippen LogP contribution in [0, 0.1) is 5.82 Å². The number of thiophene rings is 1. The van der Waals surface area contributed by atoms with Crippen molar-refractivity contribution < 1.29 is 18.7 Å². The van der Waals surface area contributed by atoms with E-state index < -0.39 is 5.82 Å². The summed E-state index contributed by atoms with van der Waals surface area (Å²) in [4.78, 5) is 31.4. The zero-order valence-corrected chi connectivity index (χ0v) is 20.4. The molecular formula is C26H26ClFN2O3S. The molecule has 178 valence electrons. The number of carbonyl (C=O) groups excluding carboxylic acids is 2. The first-order valence-corrected chi connectivity index (χ1v) is 12.4. The number of methoxy groups -OCH3 is 1. The van der Waals surface area contributed by atoms with Gasteiger partial charge in [-0.2, -0.15) is 0 Å². The van der Waals surface area contributed by atoms with Crippen molar-refractivity contribution in [3.8, 4) is 0 Å². The van der Waals surface area contributed by atoms with Crippen LogP contribution in [-0.4, -0.2) is 55.0 Å². The van der Waals surface area contributed by atoms with Crippen molar-refractivity contribution in [1.29, 1.82) is 0 Å². The van der Waals surface area contributed by atoms with Crippen molar-refractivity contribution in [3.05, 3.63) is 92.4 Å². The Morgan fingerprint density at radius 3 is 2.74 bits per heavy atom. The molecule has 5 nitrogen and oxygen atoms in total. The summed E-state index contributed by atoms with van der Waals surface area (Å²) >= 11 is 7.80. The molecule has 2 heterocycles.